The van der Waals surface area contributed by atoms with E-state index in [9.17, 15) is 9.59 Å². The minimum absolute atomic E-state index is 0.130. The van der Waals surface area contributed by atoms with E-state index in [1.807, 2.05) is 43.3 Å². The molecule has 0 saturated carbocycles. The monoisotopic (exact) mass is 366 g/mol. The predicted molar refractivity (Wildman–Crippen MR) is 98.7 cm³/mol. The molecule has 1 aromatic carbocycles. The third kappa shape index (κ3) is 4.92. The highest BCUT2D eigenvalue weighted by atomic mass is 35.5. The molecule has 0 atom stereocenters. The van der Waals surface area contributed by atoms with Crippen molar-refractivity contribution in [1.29, 1.82) is 0 Å². The van der Waals surface area contributed by atoms with Gasteiger partial charge >= 0.3 is 0 Å². The highest BCUT2D eigenvalue weighted by Gasteiger charge is 2.33. The maximum Gasteiger partial charge on any atom is 0.285 e. The van der Waals surface area contributed by atoms with Crippen LogP contribution in [0.5, 0.6) is 0 Å². The van der Waals surface area contributed by atoms with Gasteiger partial charge in [-0.1, -0.05) is 48.2 Å². The number of amides is 2. The third-order valence-corrected chi connectivity index (χ3v) is 4.40. The van der Waals surface area contributed by atoms with Crippen molar-refractivity contribution >= 4 is 57.8 Å². The van der Waals surface area contributed by atoms with Gasteiger partial charge in [0, 0.05) is 12.3 Å². The summed E-state index contributed by atoms with van der Waals surface area (Å²) in [5.74, 6) is -0.479. The Morgan fingerprint density at radius 3 is 2.74 bits per heavy atom. The number of nitrogens with one attached hydrogen (secondary N) is 1. The highest BCUT2D eigenvalue weighted by Crippen LogP contribution is 2.30. The summed E-state index contributed by atoms with van der Waals surface area (Å²) in [5.41, 5.74) is 4.44. The van der Waals surface area contributed by atoms with Crippen molar-refractivity contribution in [3.05, 3.63) is 52.4 Å². The number of allylic oxidation sites excluding steroid dienone is 2. The second kappa shape index (κ2) is 8.29. The molecule has 1 fully saturated rings. The molecule has 1 aliphatic rings. The number of thiocarbonyl (C=S) groups is 1. The van der Waals surface area contributed by atoms with Crippen molar-refractivity contribution in [3.63, 3.8) is 0 Å². The number of hydrogen-bond acceptors (Lipinski definition) is 4. The summed E-state index contributed by atoms with van der Waals surface area (Å²) in [6.45, 7) is 1.91. The van der Waals surface area contributed by atoms with E-state index >= 15 is 0 Å². The molecule has 1 N–H and O–H groups in total. The summed E-state index contributed by atoms with van der Waals surface area (Å²) in [7, 11) is 0. The molecule has 7 heteroatoms. The molecule has 0 aromatic heterocycles. The highest BCUT2D eigenvalue weighted by molar-refractivity contribution is 8.26. The lowest BCUT2D eigenvalue weighted by Crippen LogP contribution is -2.44. The second-order valence-corrected chi connectivity index (χ2v) is 6.84. The van der Waals surface area contributed by atoms with Crippen molar-refractivity contribution in [3.8, 4) is 0 Å². The molecule has 0 unspecified atom stereocenters. The van der Waals surface area contributed by atoms with Crippen LogP contribution in [0.3, 0.4) is 0 Å². The van der Waals surface area contributed by atoms with Gasteiger partial charge in [-0.05, 0) is 36.4 Å². The number of halogens is 1. The van der Waals surface area contributed by atoms with Crippen LogP contribution >= 0.6 is 35.6 Å². The van der Waals surface area contributed by atoms with Crippen LogP contribution in [0.2, 0.25) is 0 Å². The first-order chi connectivity index (χ1) is 11.0. The quantitative estimate of drug-likeness (QED) is 0.492. The molecule has 1 aliphatic heterocycles. The zero-order valence-electron chi connectivity index (χ0n) is 12.4. The Bertz CT molecular complexity index is 687. The molecule has 120 valence electrons. The molecule has 0 spiro atoms. The topological polar surface area (TPSA) is 49.4 Å². The van der Waals surface area contributed by atoms with Gasteiger partial charge in [0.15, 0.2) is 4.32 Å². The number of benzene rings is 1. The van der Waals surface area contributed by atoms with Gasteiger partial charge < -0.3 is 0 Å². The third-order valence-electron chi connectivity index (χ3n) is 2.90. The number of carbonyl (C=O) groups excluding carboxylic acids is 2. The van der Waals surface area contributed by atoms with Crippen molar-refractivity contribution < 1.29 is 9.59 Å². The van der Waals surface area contributed by atoms with Crippen LogP contribution in [-0.4, -0.2) is 27.0 Å². The Morgan fingerprint density at radius 1 is 1.39 bits per heavy atom. The lowest BCUT2D eigenvalue weighted by atomic mass is 10.1. The Labute approximate surface area is 149 Å². The van der Waals surface area contributed by atoms with Crippen LogP contribution in [0.25, 0.3) is 6.08 Å². The molecule has 2 rings (SSSR count). The number of thioether (sulfide) groups is 1. The van der Waals surface area contributed by atoms with Gasteiger partial charge in [-0.2, -0.15) is 5.01 Å². The fourth-order valence-corrected chi connectivity index (χ4v) is 3.29. The second-order valence-electron chi connectivity index (χ2n) is 4.79. The summed E-state index contributed by atoms with van der Waals surface area (Å²) in [6, 6.07) is 9.81. The number of carbonyl (C=O) groups is 2. The van der Waals surface area contributed by atoms with E-state index in [0.717, 1.165) is 27.9 Å². The lowest BCUT2D eigenvalue weighted by Gasteiger charge is -2.14. The maximum absolute atomic E-state index is 12.3. The molecule has 0 bridgehead atoms. The van der Waals surface area contributed by atoms with Crippen molar-refractivity contribution in [2.75, 3.05) is 5.88 Å². The Balaban J connectivity index is 2.12. The molecule has 23 heavy (non-hydrogen) atoms. The first-order valence-electron chi connectivity index (χ1n) is 6.88. The van der Waals surface area contributed by atoms with Crippen molar-refractivity contribution in [2.24, 2.45) is 0 Å². The fraction of sp³-hybridized carbons (Fsp3) is 0.188. The number of nitrogens with zero attached hydrogens (tertiary/aromatic N) is 1. The van der Waals surface area contributed by atoms with Gasteiger partial charge in [-0.25, -0.2) is 0 Å². The lowest BCUT2D eigenvalue weighted by molar-refractivity contribution is -0.132. The van der Waals surface area contributed by atoms with E-state index in [1.54, 1.807) is 6.08 Å². The van der Waals surface area contributed by atoms with Crippen LogP contribution in [-0.2, 0) is 9.59 Å². The molecule has 1 saturated heterocycles. The summed E-state index contributed by atoms with van der Waals surface area (Å²) < 4.78 is 0.302. The van der Waals surface area contributed by atoms with E-state index < -0.39 is 0 Å². The maximum atomic E-state index is 12.3. The molecule has 0 radical (unpaired) electrons. The van der Waals surface area contributed by atoms with Crippen molar-refractivity contribution in [2.45, 2.75) is 13.3 Å². The summed E-state index contributed by atoms with van der Waals surface area (Å²) in [4.78, 5) is 24.4. The van der Waals surface area contributed by atoms with E-state index in [0.29, 0.717) is 9.23 Å². The molecule has 1 aromatic rings. The average molecular weight is 367 g/mol. The van der Waals surface area contributed by atoms with Gasteiger partial charge in [-0.15, -0.1) is 11.6 Å². The standard InChI is InChI=1S/C16H15ClN2O2S2/c1-11(9-12-5-3-2-4-6-12)10-13-15(21)19(16(22)23-13)18-14(20)7-8-17/h2-6,9-10H,7-8H2,1H3,(H,18,20)/b11-9+,13-10-. The van der Waals surface area contributed by atoms with Crippen LogP contribution < -0.4 is 5.43 Å². The van der Waals surface area contributed by atoms with Crippen molar-refractivity contribution in [1.82, 2.24) is 10.4 Å². The normalized spacial score (nSPS) is 17.0. The fourth-order valence-electron chi connectivity index (χ4n) is 1.89. The van der Waals surface area contributed by atoms with Crippen LogP contribution in [0.1, 0.15) is 18.9 Å². The van der Waals surface area contributed by atoms with Gasteiger partial charge in [0.05, 0.1) is 4.91 Å². The summed E-state index contributed by atoms with van der Waals surface area (Å²) in [5, 5.41) is 1.09. The number of rotatable bonds is 5. The number of hydrogen-bond donors (Lipinski definition) is 1. The minimum Gasteiger partial charge on any atom is -0.273 e. The van der Waals surface area contributed by atoms with Crippen LogP contribution in [0.15, 0.2) is 46.9 Å². The molecular formula is C16H15ClN2O2S2. The minimum atomic E-state index is -0.339. The summed E-state index contributed by atoms with van der Waals surface area (Å²) >= 11 is 11.8. The average Bonchev–Trinajstić information content (AvgIpc) is 2.76. The SMILES string of the molecule is CC(/C=C1\SC(=S)N(NC(=O)CCCl)C1=O)=C\c1ccccc1. The number of alkyl halides is 1. The van der Waals surface area contributed by atoms with Gasteiger partial charge in [0.25, 0.3) is 5.91 Å². The van der Waals surface area contributed by atoms with Crippen LogP contribution in [0.4, 0.5) is 0 Å². The zero-order chi connectivity index (χ0) is 16.8. The summed E-state index contributed by atoms with van der Waals surface area (Å²) in [6.07, 6.45) is 3.86. The molecular weight excluding hydrogens is 352 g/mol. The van der Waals surface area contributed by atoms with E-state index in [1.165, 1.54) is 0 Å². The molecule has 2 amide bonds. The Morgan fingerprint density at radius 2 is 2.09 bits per heavy atom. The predicted octanol–water partition coefficient (Wildman–Crippen LogP) is 3.49. The van der Waals surface area contributed by atoms with Gasteiger partial charge in [0.2, 0.25) is 5.91 Å². The van der Waals surface area contributed by atoms with Gasteiger partial charge in [0.1, 0.15) is 0 Å². The molecule has 4 nitrogen and oxygen atoms in total. The van der Waals surface area contributed by atoms with Crippen LogP contribution in [0, 0.1) is 0 Å². The zero-order valence-corrected chi connectivity index (χ0v) is 14.8. The smallest absolute Gasteiger partial charge is 0.273 e. The molecule has 0 aliphatic carbocycles. The van der Waals surface area contributed by atoms with Gasteiger partial charge in [-0.3, -0.25) is 15.0 Å². The van der Waals surface area contributed by atoms with E-state index in [4.69, 9.17) is 23.8 Å². The number of hydrazine groups is 1. The molecule has 1 heterocycles. The first kappa shape index (κ1) is 17.7. The largest absolute Gasteiger partial charge is 0.285 e. The Hall–Kier alpha value is -1.63. The van der Waals surface area contributed by atoms with E-state index in [-0.39, 0.29) is 24.1 Å². The van der Waals surface area contributed by atoms with E-state index in [2.05, 4.69) is 5.43 Å². The first-order valence-corrected chi connectivity index (χ1v) is 8.64. The Kier molecular flexibility index (Phi) is 6.38.